The zero-order valence-electron chi connectivity index (χ0n) is 10.3. The number of alkyl halides is 1. The number of halogens is 4. The molecule has 0 N–H and O–H groups in total. The van der Waals surface area contributed by atoms with Gasteiger partial charge >= 0.3 is 5.69 Å². The highest BCUT2D eigenvalue weighted by molar-refractivity contribution is 9.08. The summed E-state index contributed by atoms with van der Waals surface area (Å²) >= 11 is 21.0. The Kier molecular flexibility index (Phi) is 5.32. The predicted molar refractivity (Wildman–Crippen MR) is 87.3 cm³/mol. The van der Waals surface area contributed by atoms with Crippen LogP contribution in [0.2, 0.25) is 15.1 Å². The van der Waals surface area contributed by atoms with Gasteiger partial charge in [0.15, 0.2) is 0 Å². The van der Waals surface area contributed by atoms with Gasteiger partial charge in [0.05, 0.1) is 20.0 Å². The van der Waals surface area contributed by atoms with Gasteiger partial charge in [0, 0.05) is 17.5 Å². The molecule has 0 atom stereocenters. The number of ether oxygens (including phenoxy) is 1. The van der Waals surface area contributed by atoms with Crippen LogP contribution >= 0.6 is 50.7 Å². The Morgan fingerprint density at radius 3 is 2.29 bits per heavy atom. The summed E-state index contributed by atoms with van der Waals surface area (Å²) in [6.07, 6.45) is 0. The summed E-state index contributed by atoms with van der Waals surface area (Å²) in [6.45, 7) is 0. The summed E-state index contributed by atoms with van der Waals surface area (Å²) in [4.78, 5) is 10.4. The first-order valence-corrected chi connectivity index (χ1v) is 7.83. The van der Waals surface area contributed by atoms with Gasteiger partial charge in [0.25, 0.3) is 0 Å². The molecule has 0 saturated heterocycles. The van der Waals surface area contributed by atoms with Crippen LogP contribution in [0.4, 0.5) is 5.69 Å². The fourth-order valence-corrected chi connectivity index (χ4v) is 2.47. The lowest BCUT2D eigenvalue weighted by Gasteiger charge is -2.10. The van der Waals surface area contributed by atoms with Crippen molar-refractivity contribution in [2.75, 3.05) is 0 Å². The van der Waals surface area contributed by atoms with Crippen LogP contribution in [0.3, 0.4) is 0 Å². The summed E-state index contributed by atoms with van der Waals surface area (Å²) in [5.74, 6) is 0.269. The molecule has 8 heteroatoms. The highest BCUT2D eigenvalue weighted by atomic mass is 79.9. The molecule has 0 aliphatic carbocycles. The van der Waals surface area contributed by atoms with E-state index in [1.54, 1.807) is 18.2 Å². The summed E-state index contributed by atoms with van der Waals surface area (Å²) in [6, 6.07) is 7.55. The lowest BCUT2D eigenvalue weighted by atomic mass is 10.2. The van der Waals surface area contributed by atoms with Crippen molar-refractivity contribution in [2.45, 2.75) is 5.33 Å². The maximum absolute atomic E-state index is 11.0. The Bertz CT molecular complexity index is 709. The van der Waals surface area contributed by atoms with Crippen LogP contribution in [0.25, 0.3) is 0 Å². The first kappa shape index (κ1) is 16.4. The van der Waals surface area contributed by atoms with Gasteiger partial charge in [0.1, 0.15) is 5.75 Å². The molecule has 0 aliphatic rings. The number of hydrogen-bond donors (Lipinski definition) is 0. The van der Waals surface area contributed by atoms with Gasteiger partial charge in [-0.25, -0.2) is 0 Å². The Labute approximate surface area is 143 Å². The molecule has 0 heterocycles. The molecule has 0 radical (unpaired) electrons. The molecule has 0 amide bonds. The summed E-state index contributed by atoms with van der Waals surface area (Å²) in [7, 11) is 0. The van der Waals surface area contributed by atoms with Gasteiger partial charge in [-0.3, -0.25) is 10.1 Å². The van der Waals surface area contributed by atoms with Gasteiger partial charge in [0.2, 0.25) is 5.75 Å². The molecule has 0 bridgehead atoms. The predicted octanol–water partition coefficient (Wildman–Crippen LogP) is 6.24. The van der Waals surface area contributed by atoms with E-state index in [9.17, 15) is 10.1 Å². The van der Waals surface area contributed by atoms with E-state index in [1.165, 1.54) is 6.07 Å². The molecular formula is C13H7BrCl3NO3. The minimum absolute atomic E-state index is 0.0251. The van der Waals surface area contributed by atoms with Gasteiger partial charge < -0.3 is 4.74 Å². The van der Waals surface area contributed by atoms with Crippen LogP contribution in [-0.4, -0.2) is 4.92 Å². The van der Waals surface area contributed by atoms with Crippen molar-refractivity contribution >= 4 is 56.4 Å². The number of nitro groups is 1. The smallest absolute Gasteiger partial charge is 0.313 e. The second kappa shape index (κ2) is 6.83. The van der Waals surface area contributed by atoms with Crippen molar-refractivity contribution in [2.24, 2.45) is 0 Å². The SMILES string of the molecule is O=[N+]([O-])c1cc(Cl)c(Cl)cc1Oc1ccc(CBr)cc1Cl. The normalized spacial score (nSPS) is 10.5. The van der Waals surface area contributed by atoms with Crippen LogP contribution in [-0.2, 0) is 5.33 Å². The molecule has 21 heavy (non-hydrogen) atoms. The highest BCUT2D eigenvalue weighted by Crippen LogP contribution is 2.40. The minimum atomic E-state index is -0.599. The van der Waals surface area contributed by atoms with E-state index in [-0.39, 0.29) is 21.5 Å². The van der Waals surface area contributed by atoms with Crippen LogP contribution in [0.1, 0.15) is 5.56 Å². The topological polar surface area (TPSA) is 52.4 Å². The Morgan fingerprint density at radius 2 is 1.71 bits per heavy atom. The van der Waals surface area contributed by atoms with E-state index < -0.39 is 4.92 Å². The number of benzene rings is 2. The molecule has 0 fully saturated rings. The number of rotatable bonds is 4. The maximum atomic E-state index is 11.0. The van der Waals surface area contributed by atoms with Crippen molar-refractivity contribution < 1.29 is 9.66 Å². The molecule has 2 rings (SSSR count). The van der Waals surface area contributed by atoms with E-state index >= 15 is 0 Å². The van der Waals surface area contributed by atoms with Gasteiger partial charge in [-0.05, 0) is 17.7 Å². The highest BCUT2D eigenvalue weighted by Gasteiger charge is 2.20. The molecule has 2 aromatic rings. The van der Waals surface area contributed by atoms with Gasteiger partial charge in [-0.1, -0.05) is 56.8 Å². The molecule has 0 aromatic heterocycles. The average molecular weight is 411 g/mol. The standard InChI is InChI=1S/C13H7BrCl3NO3/c14-6-7-1-2-12(10(17)3-7)21-13-5-9(16)8(15)4-11(13)18(19)20/h1-5H,6H2. The molecule has 0 unspecified atom stereocenters. The number of nitrogens with zero attached hydrogens (tertiary/aromatic N) is 1. The third-order valence-corrected chi connectivity index (χ3v) is 4.23. The average Bonchev–Trinajstić information content (AvgIpc) is 2.44. The quantitative estimate of drug-likeness (QED) is 0.340. The molecule has 0 aliphatic heterocycles. The van der Waals surface area contributed by atoms with Crippen molar-refractivity contribution in [3.8, 4) is 11.5 Å². The largest absolute Gasteiger partial charge is 0.448 e. The number of hydrogen-bond acceptors (Lipinski definition) is 3. The Morgan fingerprint density at radius 1 is 1.05 bits per heavy atom. The molecule has 110 valence electrons. The summed E-state index contributed by atoms with van der Waals surface area (Å²) in [5.41, 5.74) is 0.668. The first-order valence-electron chi connectivity index (χ1n) is 5.58. The molecule has 2 aromatic carbocycles. The Hall–Kier alpha value is -1.01. The van der Waals surface area contributed by atoms with Crippen LogP contribution < -0.4 is 4.74 Å². The zero-order chi connectivity index (χ0) is 15.6. The lowest BCUT2D eigenvalue weighted by molar-refractivity contribution is -0.385. The molecule has 4 nitrogen and oxygen atoms in total. The van der Waals surface area contributed by atoms with E-state index in [0.29, 0.717) is 16.1 Å². The van der Waals surface area contributed by atoms with Crippen LogP contribution in [0.15, 0.2) is 30.3 Å². The molecule has 0 saturated carbocycles. The van der Waals surface area contributed by atoms with Crippen molar-refractivity contribution in [1.29, 1.82) is 0 Å². The van der Waals surface area contributed by atoms with Crippen molar-refractivity contribution in [1.82, 2.24) is 0 Å². The van der Waals surface area contributed by atoms with Crippen LogP contribution in [0.5, 0.6) is 11.5 Å². The molecular weight excluding hydrogens is 404 g/mol. The fourth-order valence-electron chi connectivity index (χ4n) is 1.57. The maximum Gasteiger partial charge on any atom is 0.313 e. The zero-order valence-corrected chi connectivity index (χ0v) is 14.1. The fraction of sp³-hybridized carbons (Fsp3) is 0.0769. The molecule has 0 spiro atoms. The summed E-state index contributed by atoms with van der Waals surface area (Å²) in [5, 5.41) is 12.3. The second-order valence-electron chi connectivity index (χ2n) is 3.99. The number of nitro benzene ring substituents is 1. The minimum Gasteiger partial charge on any atom is -0.448 e. The van der Waals surface area contributed by atoms with Gasteiger partial charge in [-0.15, -0.1) is 0 Å². The summed E-state index contributed by atoms with van der Waals surface area (Å²) < 4.78 is 5.50. The third-order valence-electron chi connectivity index (χ3n) is 2.57. The van der Waals surface area contributed by atoms with E-state index in [4.69, 9.17) is 39.5 Å². The van der Waals surface area contributed by atoms with Crippen molar-refractivity contribution in [3.63, 3.8) is 0 Å². The second-order valence-corrected chi connectivity index (χ2v) is 5.77. The Balaban J connectivity index is 2.43. The third kappa shape index (κ3) is 3.80. The van der Waals surface area contributed by atoms with E-state index in [0.717, 1.165) is 11.6 Å². The van der Waals surface area contributed by atoms with Crippen molar-refractivity contribution in [3.05, 3.63) is 61.1 Å². The first-order chi connectivity index (χ1) is 9.92. The van der Waals surface area contributed by atoms with E-state index in [1.807, 2.05) is 0 Å². The van der Waals surface area contributed by atoms with Gasteiger partial charge in [-0.2, -0.15) is 0 Å². The monoisotopic (exact) mass is 409 g/mol. The van der Waals surface area contributed by atoms with E-state index in [2.05, 4.69) is 15.9 Å². The van der Waals surface area contributed by atoms with Crippen LogP contribution in [0, 0.1) is 10.1 Å². The lowest BCUT2D eigenvalue weighted by Crippen LogP contribution is -1.94.